The van der Waals surface area contributed by atoms with Crippen molar-refractivity contribution < 1.29 is 14.3 Å². The van der Waals surface area contributed by atoms with Gasteiger partial charge >= 0.3 is 0 Å². The zero-order chi connectivity index (χ0) is 18.2. The molecule has 0 amide bonds. The molecule has 1 aromatic carbocycles. The second-order valence-electron chi connectivity index (χ2n) is 5.65. The van der Waals surface area contributed by atoms with Crippen LogP contribution in [0.3, 0.4) is 0 Å². The van der Waals surface area contributed by atoms with Gasteiger partial charge < -0.3 is 14.3 Å². The van der Waals surface area contributed by atoms with E-state index >= 15 is 0 Å². The zero-order valence-electron chi connectivity index (χ0n) is 13.6. The Morgan fingerprint density at radius 2 is 1.75 bits per heavy atom. The lowest BCUT2D eigenvalue weighted by atomic mass is 10.2. The van der Waals surface area contributed by atoms with Crippen molar-refractivity contribution in [1.82, 2.24) is 0 Å². The molecule has 0 bridgehead atoms. The van der Waals surface area contributed by atoms with Gasteiger partial charge in [0.1, 0.15) is 22.4 Å². The standard InChI is InChI=1S/C16H19Cl4NO3/c1-16(2,3)24-21-6-4-7-23-15-12(17)9-11(10-13(15)18)22-8-5-14(19)20/h5-6,9-10H,4,7-8H2,1-3H3/b21-6+. The van der Waals surface area contributed by atoms with Gasteiger partial charge in [-0.05, 0) is 26.8 Å². The number of rotatable bonds is 8. The minimum Gasteiger partial charge on any atom is -0.490 e. The van der Waals surface area contributed by atoms with Crippen molar-refractivity contribution >= 4 is 52.6 Å². The van der Waals surface area contributed by atoms with Crippen LogP contribution in [-0.2, 0) is 4.84 Å². The molecule has 0 unspecified atom stereocenters. The first kappa shape index (κ1) is 21.2. The summed E-state index contributed by atoms with van der Waals surface area (Å²) in [5.41, 5.74) is -0.317. The largest absolute Gasteiger partial charge is 0.490 e. The maximum absolute atomic E-state index is 6.16. The van der Waals surface area contributed by atoms with Crippen molar-refractivity contribution in [2.45, 2.75) is 32.8 Å². The molecule has 0 heterocycles. The number of benzene rings is 1. The molecule has 1 aromatic rings. The maximum atomic E-state index is 6.16. The van der Waals surface area contributed by atoms with Crippen molar-refractivity contribution in [3.8, 4) is 11.5 Å². The predicted octanol–water partition coefficient (Wildman–Crippen LogP) is 6.26. The molecule has 0 aliphatic heterocycles. The molecule has 24 heavy (non-hydrogen) atoms. The second kappa shape index (κ2) is 10.2. The van der Waals surface area contributed by atoms with Crippen LogP contribution < -0.4 is 9.47 Å². The fourth-order valence-corrected chi connectivity index (χ4v) is 2.12. The average Bonchev–Trinajstić information content (AvgIpc) is 2.43. The van der Waals surface area contributed by atoms with Crippen LogP contribution in [0.25, 0.3) is 0 Å². The molecule has 0 saturated heterocycles. The number of halogens is 4. The van der Waals surface area contributed by atoms with Gasteiger partial charge in [-0.25, -0.2) is 0 Å². The van der Waals surface area contributed by atoms with Crippen molar-refractivity contribution in [2.75, 3.05) is 13.2 Å². The Balaban J connectivity index is 2.53. The van der Waals surface area contributed by atoms with E-state index in [1.54, 1.807) is 18.3 Å². The Labute approximate surface area is 162 Å². The molecule has 0 N–H and O–H groups in total. The first-order valence-electron chi connectivity index (χ1n) is 7.15. The van der Waals surface area contributed by atoms with Crippen LogP contribution in [0.5, 0.6) is 11.5 Å². The summed E-state index contributed by atoms with van der Waals surface area (Å²) in [5, 5.41) is 4.56. The number of hydrogen-bond donors (Lipinski definition) is 0. The van der Waals surface area contributed by atoms with E-state index in [-0.39, 0.29) is 16.7 Å². The molecule has 0 radical (unpaired) electrons. The summed E-state index contributed by atoms with van der Waals surface area (Å²) < 4.78 is 11.1. The highest BCUT2D eigenvalue weighted by Gasteiger charge is 2.11. The lowest BCUT2D eigenvalue weighted by Crippen LogP contribution is -2.15. The molecule has 0 fully saturated rings. The van der Waals surface area contributed by atoms with Crippen molar-refractivity contribution in [3.05, 3.63) is 32.7 Å². The molecule has 0 aromatic heterocycles. The molecule has 4 nitrogen and oxygen atoms in total. The molecule has 0 spiro atoms. The van der Waals surface area contributed by atoms with Gasteiger partial charge in [0.15, 0.2) is 5.75 Å². The summed E-state index contributed by atoms with van der Waals surface area (Å²) in [4.78, 5) is 5.22. The van der Waals surface area contributed by atoms with Crippen LogP contribution in [0.1, 0.15) is 27.2 Å². The van der Waals surface area contributed by atoms with Crippen LogP contribution in [-0.4, -0.2) is 25.0 Å². The number of ether oxygens (including phenoxy) is 2. The Morgan fingerprint density at radius 1 is 1.12 bits per heavy atom. The van der Waals surface area contributed by atoms with Gasteiger partial charge in [0.2, 0.25) is 0 Å². The van der Waals surface area contributed by atoms with E-state index in [1.807, 2.05) is 20.8 Å². The molecule has 0 aliphatic rings. The molecule has 1 rings (SSSR count). The highest BCUT2D eigenvalue weighted by atomic mass is 35.5. The quantitative estimate of drug-likeness (QED) is 0.286. The van der Waals surface area contributed by atoms with E-state index in [2.05, 4.69) is 5.16 Å². The van der Waals surface area contributed by atoms with Crippen molar-refractivity contribution in [2.24, 2.45) is 5.16 Å². The van der Waals surface area contributed by atoms with Gasteiger partial charge in [0, 0.05) is 24.8 Å². The first-order chi connectivity index (χ1) is 11.2. The fourth-order valence-electron chi connectivity index (χ4n) is 1.42. The Morgan fingerprint density at radius 3 is 2.29 bits per heavy atom. The smallest absolute Gasteiger partial charge is 0.156 e. The number of nitrogens with zero attached hydrogens (tertiary/aromatic N) is 1. The van der Waals surface area contributed by atoms with E-state index in [9.17, 15) is 0 Å². The monoisotopic (exact) mass is 413 g/mol. The Bertz CT molecular complexity index is 570. The summed E-state index contributed by atoms with van der Waals surface area (Å²) in [6.07, 6.45) is 3.70. The van der Waals surface area contributed by atoms with Crippen molar-refractivity contribution in [1.29, 1.82) is 0 Å². The molecule has 0 saturated carbocycles. The molecule has 134 valence electrons. The van der Waals surface area contributed by atoms with Crippen LogP contribution in [0.4, 0.5) is 0 Å². The maximum Gasteiger partial charge on any atom is 0.156 e. The second-order valence-corrected chi connectivity index (χ2v) is 7.47. The molecule has 8 heteroatoms. The van der Waals surface area contributed by atoms with Gasteiger partial charge in [-0.1, -0.05) is 51.6 Å². The third kappa shape index (κ3) is 8.88. The minimum absolute atomic E-state index is 0.129. The normalized spacial score (nSPS) is 11.5. The number of oxime groups is 1. The fraction of sp³-hybridized carbons (Fsp3) is 0.438. The predicted molar refractivity (Wildman–Crippen MR) is 101 cm³/mol. The van der Waals surface area contributed by atoms with Gasteiger partial charge in [0.05, 0.1) is 16.7 Å². The van der Waals surface area contributed by atoms with Gasteiger partial charge in [0.25, 0.3) is 0 Å². The van der Waals surface area contributed by atoms with Crippen molar-refractivity contribution in [3.63, 3.8) is 0 Å². The van der Waals surface area contributed by atoms with E-state index in [0.717, 1.165) is 0 Å². The summed E-state index contributed by atoms with van der Waals surface area (Å²) in [6.45, 7) is 6.32. The van der Waals surface area contributed by atoms with E-state index in [1.165, 1.54) is 6.08 Å². The summed E-state index contributed by atoms with van der Waals surface area (Å²) in [7, 11) is 0. The summed E-state index contributed by atoms with van der Waals surface area (Å²) in [6, 6.07) is 3.21. The third-order valence-electron chi connectivity index (χ3n) is 2.35. The lowest BCUT2D eigenvalue weighted by Gasteiger charge is -2.15. The molecule has 0 aliphatic carbocycles. The van der Waals surface area contributed by atoms with E-state index in [0.29, 0.717) is 34.6 Å². The zero-order valence-corrected chi connectivity index (χ0v) is 16.6. The summed E-state index contributed by atoms with van der Waals surface area (Å²) in [5.74, 6) is 0.880. The molecular formula is C16H19Cl4NO3. The highest BCUT2D eigenvalue weighted by molar-refractivity contribution is 6.55. The van der Waals surface area contributed by atoms with Crippen LogP contribution in [0, 0.1) is 0 Å². The summed E-state index contributed by atoms with van der Waals surface area (Å²) >= 11 is 23.3. The molecular weight excluding hydrogens is 396 g/mol. The minimum atomic E-state index is -0.317. The topological polar surface area (TPSA) is 40.0 Å². The highest BCUT2D eigenvalue weighted by Crippen LogP contribution is 2.37. The van der Waals surface area contributed by atoms with Crippen LogP contribution in [0.15, 0.2) is 27.9 Å². The van der Waals surface area contributed by atoms with Gasteiger partial charge in [-0.3, -0.25) is 0 Å². The van der Waals surface area contributed by atoms with Crippen LogP contribution >= 0.6 is 46.4 Å². The number of hydrogen-bond acceptors (Lipinski definition) is 4. The third-order valence-corrected chi connectivity index (χ3v) is 3.22. The Kier molecular flexibility index (Phi) is 9.06. The lowest BCUT2D eigenvalue weighted by molar-refractivity contribution is 0.00148. The van der Waals surface area contributed by atoms with Gasteiger partial charge in [-0.2, -0.15) is 0 Å². The van der Waals surface area contributed by atoms with Gasteiger partial charge in [-0.15, -0.1) is 0 Å². The van der Waals surface area contributed by atoms with Crippen LogP contribution in [0.2, 0.25) is 10.0 Å². The average molecular weight is 415 g/mol. The SMILES string of the molecule is CC(C)(C)O/N=C/CCOc1c(Cl)cc(OCC=C(Cl)Cl)cc1Cl. The molecule has 0 atom stereocenters. The van der Waals surface area contributed by atoms with E-state index < -0.39 is 0 Å². The first-order valence-corrected chi connectivity index (χ1v) is 8.66. The Hall–Kier alpha value is -0.810. The van der Waals surface area contributed by atoms with E-state index in [4.69, 9.17) is 60.7 Å².